The smallest absolute Gasteiger partial charge is 0.250 e. The molecule has 1 heterocycles. The first-order valence-corrected chi connectivity index (χ1v) is 11.8. The minimum absolute atomic E-state index is 0.138. The van der Waals surface area contributed by atoms with Gasteiger partial charge in [-0.05, 0) is 42.0 Å². The number of amides is 1. The molecule has 4 aromatic rings. The first kappa shape index (κ1) is 22.8. The molecule has 1 N–H and O–H groups in total. The van der Waals surface area contributed by atoms with Gasteiger partial charge in [-0.15, -0.1) is 10.2 Å². The van der Waals surface area contributed by atoms with E-state index in [9.17, 15) is 4.79 Å². The van der Waals surface area contributed by atoms with Crippen LogP contribution in [-0.2, 0) is 4.79 Å². The minimum atomic E-state index is -0.245. The Kier molecular flexibility index (Phi) is 7.54. The summed E-state index contributed by atoms with van der Waals surface area (Å²) in [5.74, 6) is 1.32. The van der Waals surface area contributed by atoms with Crippen molar-refractivity contribution in [2.24, 2.45) is 5.10 Å². The number of ether oxygens (including phenoxy) is 1. The summed E-state index contributed by atoms with van der Waals surface area (Å²) in [5, 5.41) is 13.4. The van der Waals surface area contributed by atoms with Crippen LogP contribution in [0.2, 0.25) is 0 Å². The zero-order valence-electron chi connectivity index (χ0n) is 17.7. The molecule has 0 aliphatic heterocycles. The van der Waals surface area contributed by atoms with Gasteiger partial charge in [-0.1, -0.05) is 70.2 Å². The Hall–Kier alpha value is -3.43. The number of hydrazone groups is 1. The molecule has 0 aliphatic carbocycles. The van der Waals surface area contributed by atoms with E-state index in [0.717, 1.165) is 27.0 Å². The van der Waals surface area contributed by atoms with Gasteiger partial charge < -0.3 is 4.74 Å². The Balaban J connectivity index is 1.48. The molecule has 3 aromatic carbocycles. The number of thioether (sulfide) groups is 1. The van der Waals surface area contributed by atoms with Crippen molar-refractivity contribution >= 4 is 39.8 Å². The fraction of sp³-hybridized carbons (Fsp3) is 0.0833. The van der Waals surface area contributed by atoms with Crippen molar-refractivity contribution < 1.29 is 9.53 Å². The van der Waals surface area contributed by atoms with Gasteiger partial charge >= 0.3 is 0 Å². The molecule has 9 heteroatoms. The monoisotopic (exact) mass is 521 g/mol. The van der Waals surface area contributed by atoms with Crippen molar-refractivity contribution in [2.45, 2.75) is 5.16 Å². The summed E-state index contributed by atoms with van der Waals surface area (Å²) in [6.45, 7) is 0. The fourth-order valence-electron chi connectivity index (χ4n) is 3.02. The zero-order chi connectivity index (χ0) is 23.0. The fourth-order valence-corrected chi connectivity index (χ4v) is 4.03. The molecule has 0 atom stereocenters. The first-order chi connectivity index (χ1) is 16.1. The predicted molar refractivity (Wildman–Crippen MR) is 134 cm³/mol. The van der Waals surface area contributed by atoms with E-state index in [0.29, 0.717) is 11.0 Å². The molecule has 0 bridgehead atoms. The molecule has 0 spiro atoms. The van der Waals surface area contributed by atoms with Crippen LogP contribution in [0.1, 0.15) is 5.56 Å². The molecule has 33 heavy (non-hydrogen) atoms. The lowest BCUT2D eigenvalue weighted by molar-refractivity contribution is -0.118. The highest BCUT2D eigenvalue weighted by molar-refractivity contribution is 9.10. The second-order valence-electron chi connectivity index (χ2n) is 6.84. The number of aromatic nitrogens is 3. The highest BCUT2D eigenvalue weighted by atomic mass is 79.9. The maximum Gasteiger partial charge on any atom is 0.250 e. The molecule has 0 unspecified atom stereocenters. The van der Waals surface area contributed by atoms with E-state index in [1.165, 1.54) is 11.8 Å². The number of carbonyl (C=O) groups is 1. The summed E-state index contributed by atoms with van der Waals surface area (Å²) in [6, 6.07) is 25.1. The van der Waals surface area contributed by atoms with E-state index >= 15 is 0 Å². The van der Waals surface area contributed by atoms with Crippen molar-refractivity contribution in [3.05, 3.63) is 88.9 Å². The highest BCUT2D eigenvalue weighted by Crippen LogP contribution is 2.28. The molecule has 0 fully saturated rings. The van der Waals surface area contributed by atoms with Gasteiger partial charge in [0.1, 0.15) is 5.75 Å². The third-order valence-electron chi connectivity index (χ3n) is 4.58. The van der Waals surface area contributed by atoms with Gasteiger partial charge in [-0.3, -0.25) is 9.36 Å². The third kappa shape index (κ3) is 5.88. The molecular formula is C24H20BrN5O2S. The van der Waals surface area contributed by atoms with Gasteiger partial charge in [0.15, 0.2) is 11.0 Å². The Morgan fingerprint density at radius 1 is 1.09 bits per heavy atom. The van der Waals surface area contributed by atoms with Crippen LogP contribution >= 0.6 is 27.7 Å². The zero-order valence-corrected chi connectivity index (χ0v) is 20.1. The number of halogens is 1. The normalized spacial score (nSPS) is 11.0. The lowest BCUT2D eigenvalue weighted by Crippen LogP contribution is -2.20. The predicted octanol–water partition coefficient (Wildman–Crippen LogP) is 4.95. The Bertz CT molecular complexity index is 1260. The van der Waals surface area contributed by atoms with Crippen LogP contribution in [0.25, 0.3) is 17.1 Å². The molecular weight excluding hydrogens is 502 g/mol. The summed E-state index contributed by atoms with van der Waals surface area (Å²) in [4.78, 5) is 12.4. The summed E-state index contributed by atoms with van der Waals surface area (Å²) >= 11 is 4.76. The van der Waals surface area contributed by atoms with Gasteiger partial charge in [0, 0.05) is 15.7 Å². The summed E-state index contributed by atoms with van der Waals surface area (Å²) < 4.78 is 8.11. The largest absolute Gasteiger partial charge is 0.497 e. The van der Waals surface area contributed by atoms with Crippen molar-refractivity contribution in [1.29, 1.82) is 0 Å². The second kappa shape index (κ2) is 10.9. The molecule has 7 nitrogen and oxygen atoms in total. The van der Waals surface area contributed by atoms with E-state index in [1.54, 1.807) is 13.3 Å². The third-order valence-corrected chi connectivity index (χ3v) is 6.04. The van der Waals surface area contributed by atoms with E-state index in [-0.39, 0.29) is 11.7 Å². The lowest BCUT2D eigenvalue weighted by atomic mass is 10.2. The number of nitrogens with one attached hydrogen (secondary N) is 1. The first-order valence-electron chi connectivity index (χ1n) is 9.99. The van der Waals surface area contributed by atoms with Gasteiger partial charge in [-0.2, -0.15) is 5.10 Å². The van der Waals surface area contributed by atoms with Crippen LogP contribution < -0.4 is 10.2 Å². The maximum absolute atomic E-state index is 12.4. The lowest BCUT2D eigenvalue weighted by Gasteiger charge is -2.10. The Morgan fingerprint density at radius 2 is 1.88 bits per heavy atom. The quantitative estimate of drug-likeness (QED) is 0.201. The molecule has 0 saturated carbocycles. The topological polar surface area (TPSA) is 81.4 Å². The van der Waals surface area contributed by atoms with E-state index in [1.807, 2.05) is 83.4 Å². The van der Waals surface area contributed by atoms with Gasteiger partial charge in [-0.25, -0.2) is 5.43 Å². The van der Waals surface area contributed by atoms with Crippen LogP contribution in [0, 0.1) is 0 Å². The average Bonchev–Trinajstić information content (AvgIpc) is 3.28. The minimum Gasteiger partial charge on any atom is -0.497 e. The number of methoxy groups -OCH3 is 1. The van der Waals surface area contributed by atoms with Crippen LogP contribution in [-0.4, -0.2) is 39.7 Å². The van der Waals surface area contributed by atoms with E-state index in [4.69, 9.17) is 4.74 Å². The van der Waals surface area contributed by atoms with Crippen molar-refractivity contribution in [2.75, 3.05) is 12.9 Å². The van der Waals surface area contributed by atoms with Crippen LogP contribution in [0.4, 0.5) is 0 Å². The van der Waals surface area contributed by atoms with Crippen LogP contribution in [0.15, 0.2) is 93.6 Å². The Morgan fingerprint density at radius 3 is 2.64 bits per heavy atom. The maximum atomic E-state index is 12.4. The average molecular weight is 522 g/mol. The highest BCUT2D eigenvalue weighted by Gasteiger charge is 2.17. The summed E-state index contributed by atoms with van der Waals surface area (Å²) in [6.07, 6.45) is 1.57. The van der Waals surface area contributed by atoms with Crippen molar-refractivity contribution in [1.82, 2.24) is 20.2 Å². The van der Waals surface area contributed by atoms with Crippen molar-refractivity contribution in [3.8, 4) is 22.8 Å². The molecule has 0 aliphatic rings. The van der Waals surface area contributed by atoms with Crippen LogP contribution in [0.5, 0.6) is 5.75 Å². The Labute approximate surface area is 204 Å². The summed E-state index contributed by atoms with van der Waals surface area (Å²) in [5.41, 5.74) is 5.21. The number of rotatable bonds is 8. The number of hydrogen-bond donors (Lipinski definition) is 1. The standard InChI is InChI=1S/C24H20BrN5O2S/c1-32-21-9-5-6-17(14-21)15-26-27-22(31)16-33-24-29-28-23(18-7-3-2-4-8-18)30(24)20-12-10-19(25)11-13-20/h2-15H,16H2,1H3,(H,27,31)/b26-15+. The second-order valence-corrected chi connectivity index (χ2v) is 8.70. The van der Waals surface area contributed by atoms with Crippen LogP contribution in [0.3, 0.4) is 0 Å². The molecule has 1 amide bonds. The summed E-state index contributed by atoms with van der Waals surface area (Å²) in [7, 11) is 1.60. The van der Waals surface area contributed by atoms with E-state index < -0.39 is 0 Å². The number of hydrogen-bond acceptors (Lipinski definition) is 6. The number of benzene rings is 3. The number of nitrogens with zero attached hydrogens (tertiary/aromatic N) is 4. The van der Waals surface area contributed by atoms with Gasteiger partial charge in [0.25, 0.3) is 5.91 Å². The molecule has 0 radical (unpaired) electrons. The van der Waals surface area contributed by atoms with E-state index in [2.05, 4.69) is 36.7 Å². The van der Waals surface area contributed by atoms with Crippen molar-refractivity contribution in [3.63, 3.8) is 0 Å². The van der Waals surface area contributed by atoms with Gasteiger partial charge in [0.2, 0.25) is 0 Å². The SMILES string of the molecule is COc1cccc(/C=N/NC(=O)CSc2nnc(-c3ccccc3)n2-c2ccc(Br)cc2)c1. The van der Waals surface area contributed by atoms with Gasteiger partial charge in [0.05, 0.1) is 19.1 Å². The molecule has 4 rings (SSSR count). The number of carbonyl (C=O) groups excluding carboxylic acids is 1. The molecule has 0 saturated heterocycles. The molecule has 166 valence electrons. The molecule has 1 aromatic heterocycles.